The fourth-order valence-electron chi connectivity index (χ4n) is 1.64. The maximum absolute atomic E-state index is 11.1. The van der Waals surface area contributed by atoms with E-state index in [-0.39, 0.29) is 5.91 Å². The lowest BCUT2D eigenvalue weighted by Crippen LogP contribution is -2.40. The molecule has 0 bridgehead atoms. The number of carbonyl (C=O) groups is 1. The predicted octanol–water partition coefficient (Wildman–Crippen LogP) is 1.62. The van der Waals surface area contributed by atoms with Crippen molar-refractivity contribution in [2.45, 2.75) is 32.7 Å². The minimum absolute atomic E-state index is 0.138. The van der Waals surface area contributed by atoms with Crippen LogP contribution < -0.4 is 5.32 Å². The summed E-state index contributed by atoms with van der Waals surface area (Å²) in [5, 5.41) is 6.66. The van der Waals surface area contributed by atoms with Crippen molar-refractivity contribution in [3.63, 3.8) is 0 Å². The molecular weight excluding hydrogens is 234 g/mol. The van der Waals surface area contributed by atoms with Crippen LogP contribution in [-0.4, -0.2) is 16.0 Å². The Kier molecular flexibility index (Phi) is 3.18. The van der Waals surface area contributed by atoms with Crippen LogP contribution in [0.2, 0.25) is 0 Å². The van der Waals surface area contributed by atoms with Gasteiger partial charge < -0.3 is 14.3 Å². The second-order valence-corrected chi connectivity index (χ2v) is 4.63. The van der Waals surface area contributed by atoms with E-state index in [1.165, 1.54) is 6.92 Å². The average molecular weight is 249 g/mol. The Hall–Kier alpha value is -2.11. The van der Waals surface area contributed by atoms with E-state index in [4.69, 9.17) is 8.94 Å². The van der Waals surface area contributed by atoms with Crippen LogP contribution in [0.25, 0.3) is 0 Å². The van der Waals surface area contributed by atoms with E-state index >= 15 is 0 Å². The molecule has 0 aromatic carbocycles. The Labute approximate surface area is 104 Å². The molecule has 96 valence electrons. The molecule has 0 radical (unpaired) electrons. The third-order valence-corrected chi connectivity index (χ3v) is 2.45. The van der Waals surface area contributed by atoms with Gasteiger partial charge in [-0.3, -0.25) is 4.79 Å². The molecule has 0 aliphatic rings. The van der Waals surface area contributed by atoms with E-state index in [9.17, 15) is 4.79 Å². The second kappa shape index (κ2) is 4.64. The lowest BCUT2D eigenvalue weighted by molar-refractivity contribution is -0.120. The van der Waals surface area contributed by atoms with Crippen LogP contribution >= 0.6 is 0 Å². The van der Waals surface area contributed by atoms with Gasteiger partial charge in [0.2, 0.25) is 11.8 Å². The Morgan fingerprint density at radius 1 is 1.50 bits per heavy atom. The summed E-state index contributed by atoms with van der Waals surface area (Å²) < 4.78 is 10.1. The molecule has 0 fully saturated rings. The molecule has 6 nitrogen and oxygen atoms in total. The molecule has 1 amide bonds. The number of hydrogen-bond donors (Lipinski definition) is 1. The SMILES string of the molecule is CC(=O)NC(C)(C)c1noc(Cc2ccoc2)n1. The van der Waals surface area contributed by atoms with Gasteiger partial charge in [0.25, 0.3) is 0 Å². The number of rotatable bonds is 4. The van der Waals surface area contributed by atoms with Crippen LogP contribution in [0.1, 0.15) is 38.0 Å². The Morgan fingerprint density at radius 3 is 2.89 bits per heavy atom. The van der Waals surface area contributed by atoms with Crippen molar-refractivity contribution in [2.75, 3.05) is 0 Å². The smallest absolute Gasteiger partial charge is 0.231 e. The predicted molar refractivity (Wildman–Crippen MR) is 62.7 cm³/mol. The molecule has 0 atom stereocenters. The highest BCUT2D eigenvalue weighted by Crippen LogP contribution is 2.17. The summed E-state index contributed by atoms with van der Waals surface area (Å²) in [6, 6.07) is 1.84. The van der Waals surface area contributed by atoms with Crippen molar-refractivity contribution < 1.29 is 13.7 Å². The van der Waals surface area contributed by atoms with Gasteiger partial charge in [0.1, 0.15) is 0 Å². The Bertz CT molecular complexity index is 529. The molecule has 0 unspecified atom stereocenters. The molecule has 1 N–H and O–H groups in total. The van der Waals surface area contributed by atoms with Gasteiger partial charge in [0.05, 0.1) is 24.5 Å². The summed E-state index contributed by atoms with van der Waals surface area (Å²) in [5.41, 5.74) is 0.312. The lowest BCUT2D eigenvalue weighted by Gasteiger charge is -2.20. The first-order chi connectivity index (χ1) is 8.47. The molecule has 6 heteroatoms. The first-order valence-corrected chi connectivity index (χ1v) is 5.60. The summed E-state index contributed by atoms with van der Waals surface area (Å²) in [6.45, 7) is 5.09. The second-order valence-electron chi connectivity index (χ2n) is 4.63. The zero-order chi connectivity index (χ0) is 13.2. The minimum atomic E-state index is -0.649. The van der Waals surface area contributed by atoms with Crippen LogP contribution in [0.15, 0.2) is 27.5 Å². The number of aromatic nitrogens is 2. The minimum Gasteiger partial charge on any atom is -0.472 e. The molecule has 0 aliphatic carbocycles. The van der Waals surface area contributed by atoms with Crippen molar-refractivity contribution in [1.82, 2.24) is 15.5 Å². The number of nitrogens with one attached hydrogen (secondary N) is 1. The van der Waals surface area contributed by atoms with Crippen LogP contribution in [0.3, 0.4) is 0 Å². The average Bonchev–Trinajstić information content (AvgIpc) is 2.87. The number of amides is 1. The zero-order valence-electron chi connectivity index (χ0n) is 10.6. The van der Waals surface area contributed by atoms with Gasteiger partial charge in [-0.2, -0.15) is 4.98 Å². The summed E-state index contributed by atoms with van der Waals surface area (Å²) in [4.78, 5) is 15.4. The summed E-state index contributed by atoms with van der Waals surface area (Å²) in [6.07, 6.45) is 3.73. The normalized spacial score (nSPS) is 11.5. The van der Waals surface area contributed by atoms with Crippen LogP contribution in [-0.2, 0) is 16.8 Å². The molecule has 0 spiro atoms. The highest BCUT2D eigenvalue weighted by molar-refractivity contribution is 5.73. The van der Waals surface area contributed by atoms with Gasteiger partial charge in [-0.1, -0.05) is 5.16 Å². The number of hydrogen-bond acceptors (Lipinski definition) is 5. The molecule has 18 heavy (non-hydrogen) atoms. The molecular formula is C12H15N3O3. The maximum atomic E-state index is 11.1. The molecule has 2 heterocycles. The summed E-state index contributed by atoms with van der Waals surface area (Å²) in [5.74, 6) is 0.808. The fraction of sp³-hybridized carbons (Fsp3) is 0.417. The quantitative estimate of drug-likeness (QED) is 0.890. The van der Waals surface area contributed by atoms with Gasteiger partial charge in [-0.15, -0.1) is 0 Å². The summed E-state index contributed by atoms with van der Waals surface area (Å²) in [7, 11) is 0. The van der Waals surface area contributed by atoms with E-state index in [1.807, 2.05) is 19.9 Å². The van der Waals surface area contributed by atoms with Crippen LogP contribution in [0, 0.1) is 0 Å². The largest absolute Gasteiger partial charge is 0.472 e. The molecule has 0 saturated carbocycles. The van der Waals surface area contributed by atoms with E-state index in [2.05, 4.69) is 15.5 Å². The molecule has 2 aromatic rings. The van der Waals surface area contributed by atoms with Crippen molar-refractivity contribution >= 4 is 5.91 Å². The first-order valence-electron chi connectivity index (χ1n) is 5.60. The van der Waals surface area contributed by atoms with Crippen molar-refractivity contribution in [3.8, 4) is 0 Å². The molecule has 0 aliphatic heterocycles. The molecule has 2 rings (SSSR count). The van der Waals surface area contributed by atoms with Crippen molar-refractivity contribution in [1.29, 1.82) is 0 Å². The van der Waals surface area contributed by atoms with Crippen molar-refractivity contribution in [3.05, 3.63) is 35.9 Å². The Balaban J connectivity index is 2.12. The molecule has 2 aromatic heterocycles. The van der Waals surface area contributed by atoms with Crippen LogP contribution in [0.5, 0.6) is 0 Å². The van der Waals surface area contributed by atoms with E-state index in [1.54, 1.807) is 12.5 Å². The van der Waals surface area contributed by atoms with E-state index in [0.29, 0.717) is 18.1 Å². The lowest BCUT2D eigenvalue weighted by atomic mass is 10.1. The first kappa shape index (κ1) is 12.3. The monoisotopic (exact) mass is 249 g/mol. The highest BCUT2D eigenvalue weighted by Gasteiger charge is 2.27. The standard InChI is InChI=1S/C12H15N3O3/c1-8(16)14-12(2,3)11-13-10(18-15-11)6-9-4-5-17-7-9/h4-5,7H,6H2,1-3H3,(H,14,16). The third-order valence-electron chi connectivity index (χ3n) is 2.45. The van der Waals surface area contributed by atoms with Gasteiger partial charge in [-0.05, 0) is 25.5 Å². The maximum Gasteiger partial charge on any atom is 0.231 e. The van der Waals surface area contributed by atoms with Gasteiger partial charge in [0, 0.05) is 6.92 Å². The Morgan fingerprint density at radius 2 is 2.28 bits per heavy atom. The fourth-order valence-corrected chi connectivity index (χ4v) is 1.64. The highest BCUT2D eigenvalue weighted by atomic mass is 16.5. The van der Waals surface area contributed by atoms with E-state index in [0.717, 1.165) is 5.56 Å². The topological polar surface area (TPSA) is 81.2 Å². The van der Waals surface area contributed by atoms with Gasteiger partial charge >= 0.3 is 0 Å². The van der Waals surface area contributed by atoms with Gasteiger partial charge in [-0.25, -0.2) is 0 Å². The number of nitrogens with zero attached hydrogens (tertiary/aromatic N) is 2. The summed E-state index contributed by atoms with van der Waals surface area (Å²) >= 11 is 0. The van der Waals surface area contributed by atoms with Crippen LogP contribution in [0.4, 0.5) is 0 Å². The molecule has 0 saturated heterocycles. The number of furan rings is 1. The van der Waals surface area contributed by atoms with E-state index < -0.39 is 5.54 Å². The third kappa shape index (κ3) is 2.77. The zero-order valence-corrected chi connectivity index (χ0v) is 10.6. The van der Waals surface area contributed by atoms with Crippen molar-refractivity contribution in [2.24, 2.45) is 0 Å². The number of carbonyl (C=O) groups excluding carboxylic acids is 1. The van der Waals surface area contributed by atoms with Gasteiger partial charge in [0.15, 0.2) is 5.82 Å².